The van der Waals surface area contributed by atoms with E-state index in [2.05, 4.69) is 17.9 Å². The van der Waals surface area contributed by atoms with Crippen molar-refractivity contribution in [2.24, 2.45) is 0 Å². The van der Waals surface area contributed by atoms with Crippen LogP contribution in [0.3, 0.4) is 0 Å². The number of benzene rings is 1. The molecule has 0 spiro atoms. The van der Waals surface area contributed by atoms with Crippen LogP contribution in [-0.2, 0) is 0 Å². The fraction of sp³-hybridized carbons (Fsp3) is 0.222. The first-order valence-corrected chi connectivity index (χ1v) is 3.30. The van der Waals surface area contributed by atoms with Gasteiger partial charge in [0, 0.05) is 0 Å². The summed E-state index contributed by atoms with van der Waals surface area (Å²) in [6, 6.07) is 8.08. The molecule has 0 aliphatic rings. The zero-order valence-electron chi connectivity index (χ0n) is 7.46. The third-order valence-corrected chi connectivity index (χ3v) is 1.47. The molecule has 2 heteroatoms. The first-order chi connectivity index (χ1) is 4.72. The molecule has 54 valence electrons. The molecular weight excluding hydrogens is 161 g/mol. The van der Waals surface area contributed by atoms with Gasteiger partial charge in [0.25, 0.3) is 0 Å². The van der Waals surface area contributed by atoms with Crippen molar-refractivity contribution < 1.29 is 51.4 Å². The molecule has 0 fully saturated rings. The first kappa shape index (κ1) is 11.5. The second kappa shape index (κ2) is 5.22. The minimum absolute atomic E-state index is 0. The number of hydrogen-bond acceptors (Lipinski definition) is 1. The van der Waals surface area contributed by atoms with Crippen molar-refractivity contribution in [1.82, 2.24) is 0 Å². The minimum atomic E-state index is 0. The van der Waals surface area contributed by atoms with E-state index in [0.29, 0.717) is 0 Å². The number of para-hydroxylation sites is 1. The van der Waals surface area contributed by atoms with Crippen molar-refractivity contribution in [3.05, 3.63) is 36.8 Å². The van der Waals surface area contributed by atoms with Gasteiger partial charge in [-0.25, -0.2) is 0 Å². The van der Waals surface area contributed by atoms with Crippen LogP contribution < -0.4 is 56.3 Å². The van der Waals surface area contributed by atoms with Gasteiger partial charge in [0.05, 0.1) is 0 Å². The summed E-state index contributed by atoms with van der Waals surface area (Å²) in [7, 11) is 4.04. The fourth-order valence-corrected chi connectivity index (χ4v) is 0.947. The van der Waals surface area contributed by atoms with Crippen LogP contribution in [0.1, 0.15) is 5.56 Å². The summed E-state index contributed by atoms with van der Waals surface area (Å²) in [4.78, 5) is 2.06. The van der Waals surface area contributed by atoms with Crippen molar-refractivity contribution in [2.45, 2.75) is 0 Å². The van der Waals surface area contributed by atoms with E-state index in [-0.39, 0.29) is 51.4 Å². The van der Waals surface area contributed by atoms with Gasteiger partial charge < -0.3 is 4.90 Å². The molecule has 1 aromatic rings. The van der Waals surface area contributed by atoms with E-state index in [9.17, 15) is 0 Å². The largest absolute Gasteiger partial charge is 1.00 e. The van der Waals surface area contributed by atoms with Crippen LogP contribution in [0.25, 0.3) is 0 Å². The molecular formula is C9H12KN. The van der Waals surface area contributed by atoms with Crippen LogP contribution in [0.5, 0.6) is 0 Å². The van der Waals surface area contributed by atoms with Crippen molar-refractivity contribution >= 4 is 5.69 Å². The third-order valence-electron chi connectivity index (χ3n) is 1.47. The average Bonchev–Trinajstić information content (AvgIpc) is 1.88. The molecule has 0 aliphatic heterocycles. The van der Waals surface area contributed by atoms with Gasteiger partial charge in [-0.15, -0.1) is 6.07 Å². The summed E-state index contributed by atoms with van der Waals surface area (Å²) >= 11 is 0. The molecule has 0 aromatic heterocycles. The molecule has 0 radical (unpaired) electrons. The zero-order valence-corrected chi connectivity index (χ0v) is 10.6. The first-order valence-electron chi connectivity index (χ1n) is 3.30. The molecule has 0 bridgehead atoms. The van der Waals surface area contributed by atoms with E-state index >= 15 is 0 Å². The standard InChI is InChI=1S/C9H12N.K/c1-8-6-4-5-7-9(8)10(2)3;/h4-7H,1H2,2-3H3;/q-1;+1. The molecule has 0 aliphatic carbocycles. The second-order valence-corrected chi connectivity index (χ2v) is 2.52. The molecule has 11 heavy (non-hydrogen) atoms. The average molecular weight is 173 g/mol. The van der Waals surface area contributed by atoms with Crippen LogP contribution >= 0.6 is 0 Å². The van der Waals surface area contributed by atoms with Gasteiger partial charge in [0.2, 0.25) is 0 Å². The molecule has 0 amide bonds. The summed E-state index contributed by atoms with van der Waals surface area (Å²) in [6.07, 6.45) is 0. The van der Waals surface area contributed by atoms with Crippen molar-refractivity contribution in [2.75, 3.05) is 19.0 Å². The van der Waals surface area contributed by atoms with E-state index in [1.54, 1.807) is 0 Å². The predicted molar refractivity (Wildman–Crippen MR) is 45.2 cm³/mol. The molecule has 0 heterocycles. The minimum Gasteiger partial charge on any atom is -0.428 e. The van der Waals surface area contributed by atoms with E-state index in [0.717, 1.165) is 5.56 Å². The maximum atomic E-state index is 3.90. The Morgan fingerprint density at radius 1 is 1.18 bits per heavy atom. The Hall–Kier alpha value is 0.526. The summed E-state index contributed by atoms with van der Waals surface area (Å²) < 4.78 is 0. The molecule has 0 saturated heterocycles. The van der Waals surface area contributed by atoms with E-state index in [1.807, 2.05) is 32.3 Å². The van der Waals surface area contributed by atoms with Crippen molar-refractivity contribution in [3.8, 4) is 0 Å². The number of rotatable bonds is 1. The Kier molecular flexibility index (Phi) is 5.47. The Labute approximate surface area is 111 Å². The Morgan fingerprint density at radius 2 is 1.73 bits per heavy atom. The van der Waals surface area contributed by atoms with Gasteiger partial charge in [-0.05, 0) is 14.1 Å². The van der Waals surface area contributed by atoms with E-state index in [1.165, 1.54) is 5.69 Å². The van der Waals surface area contributed by atoms with Gasteiger partial charge >= 0.3 is 51.4 Å². The number of anilines is 1. The normalized spacial score (nSPS) is 8.55. The summed E-state index contributed by atoms with van der Waals surface area (Å²) in [5.74, 6) is 0. The van der Waals surface area contributed by atoms with Crippen LogP contribution in [0.4, 0.5) is 5.69 Å². The molecule has 1 nitrogen and oxygen atoms in total. The van der Waals surface area contributed by atoms with Crippen LogP contribution in [0.2, 0.25) is 0 Å². The van der Waals surface area contributed by atoms with Crippen molar-refractivity contribution in [1.29, 1.82) is 0 Å². The monoisotopic (exact) mass is 173 g/mol. The molecule has 1 rings (SSSR count). The van der Waals surface area contributed by atoms with Crippen LogP contribution in [-0.4, -0.2) is 14.1 Å². The van der Waals surface area contributed by atoms with Crippen molar-refractivity contribution in [3.63, 3.8) is 0 Å². The van der Waals surface area contributed by atoms with Gasteiger partial charge in [0.1, 0.15) is 0 Å². The molecule has 0 saturated carbocycles. The van der Waals surface area contributed by atoms with Gasteiger partial charge in [-0.2, -0.15) is 18.6 Å². The third kappa shape index (κ3) is 3.17. The summed E-state index contributed by atoms with van der Waals surface area (Å²) in [5.41, 5.74) is 2.26. The Morgan fingerprint density at radius 3 is 2.09 bits per heavy atom. The second-order valence-electron chi connectivity index (χ2n) is 2.52. The van der Waals surface area contributed by atoms with Gasteiger partial charge in [0.15, 0.2) is 0 Å². The summed E-state index contributed by atoms with van der Waals surface area (Å²) in [5, 5.41) is 0. The maximum absolute atomic E-state index is 3.90. The zero-order chi connectivity index (χ0) is 7.56. The van der Waals surface area contributed by atoms with Crippen LogP contribution in [0, 0.1) is 6.92 Å². The number of nitrogens with zero attached hydrogens (tertiary/aromatic N) is 1. The maximum Gasteiger partial charge on any atom is 1.00 e. The fourth-order valence-electron chi connectivity index (χ4n) is 0.947. The molecule has 0 unspecified atom stereocenters. The SMILES string of the molecule is [CH2-]c1ccccc1N(C)C.[K+]. The van der Waals surface area contributed by atoms with E-state index < -0.39 is 0 Å². The smallest absolute Gasteiger partial charge is 0.428 e. The van der Waals surface area contributed by atoms with E-state index in [4.69, 9.17) is 0 Å². The Balaban J connectivity index is 0.000001000. The molecule has 0 N–H and O–H groups in total. The van der Waals surface area contributed by atoms with Crippen LogP contribution in [0.15, 0.2) is 24.3 Å². The van der Waals surface area contributed by atoms with Gasteiger partial charge in [-0.1, -0.05) is 17.8 Å². The quantitative estimate of drug-likeness (QED) is 0.386. The summed E-state index contributed by atoms with van der Waals surface area (Å²) in [6.45, 7) is 3.90. The molecule has 1 aromatic carbocycles. The van der Waals surface area contributed by atoms with Gasteiger partial charge in [-0.3, -0.25) is 0 Å². The predicted octanol–water partition coefficient (Wildman–Crippen LogP) is -1.06. The molecule has 0 atom stereocenters. The number of hydrogen-bond donors (Lipinski definition) is 0. The topological polar surface area (TPSA) is 3.24 Å². The Bertz CT molecular complexity index is 221.